The van der Waals surface area contributed by atoms with Crippen LogP contribution in [0.25, 0.3) is 0 Å². The molecule has 0 atom stereocenters. The lowest BCUT2D eigenvalue weighted by Crippen LogP contribution is -2.29. The van der Waals surface area contributed by atoms with E-state index in [-0.39, 0.29) is 5.91 Å². The van der Waals surface area contributed by atoms with Crippen molar-refractivity contribution in [3.05, 3.63) is 27.7 Å². The van der Waals surface area contributed by atoms with Gasteiger partial charge in [0.2, 0.25) is 5.91 Å². The van der Waals surface area contributed by atoms with E-state index in [1.165, 1.54) is 12.8 Å². The maximum absolute atomic E-state index is 11.6. The van der Waals surface area contributed by atoms with Crippen molar-refractivity contribution in [1.82, 2.24) is 5.32 Å². The third-order valence-corrected chi connectivity index (χ3v) is 3.85. The molecule has 1 aliphatic rings. The Hall–Kier alpha value is -0.580. The summed E-state index contributed by atoms with van der Waals surface area (Å²) in [6.07, 6.45) is 2.58. The molecule has 1 aromatic rings. The summed E-state index contributed by atoms with van der Waals surface area (Å²) < 4.78 is 0.823. The molecule has 0 unspecified atom stereocenters. The highest BCUT2D eigenvalue weighted by Crippen LogP contribution is 2.27. The highest BCUT2D eigenvalue weighted by atomic mass is 79.9. The van der Waals surface area contributed by atoms with Gasteiger partial charge in [0.15, 0.2) is 0 Å². The first kappa shape index (κ1) is 12.9. The quantitative estimate of drug-likeness (QED) is 0.876. The number of carbonyl (C=O) groups excluding carboxylic acids is 1. The highest BCUT2D eigenvalue weighted by molar-refractivity contribution is 9.10. The van der Waals surface area contributed by atoms with Crippen LogP contribution in [0.4, 0.5) is 5.69 Å². The third-order valence-electron chi connectivity index (χ3n) is 2.62. The predicted octanol–water partition coefficient (Wildman–Crippen LogP) is 3.04. The molecule has 92 valence electrons. The topological polar surface area (TPSA) is 41.1 Å². The largest absolute Gasteiger partial charge is 0.325 e. The van der Waals surface area contributed by atoms with E-state index in [0.717, 1.165) is 22.6 Å². The number of carbonyl (C=O) groups is 1. The number of anilines is 1. The molecule has 5 heteroatoms. The van der Waals surface area contributed by atoms with Gasteiger partial charge in [-0.25, -0.2) is 0 Å². The molecule has 0 aromatic heterocycles. The van der Waals surface area contributed by atoms with Crippen LogP contribution in [0.15, 0.2) is 22.7 Å². The second kappa shape index (κ2) is 5.85. The Morgan fingerprint density at radius 2 is 2.24 bits per heavy atom. The molecule has 3 nitrogen and oxygen atoms in total. The van der Waals surface area contributed by atoms with Crippen LogP contribution in [0.1, 0.15) is 12.8 Å². The zero-order valence-corrected chi connectivity index (χ0v) is 11.6. The van der Waals surface area contributed by atoms with Crippen molar-refractivity contribution in [2.24, 2.45) is 5.92 Å². The van der Waals surface area contributed by atoms with Gasteiger partial charge in [0.25, 0.3) is 0 Å². The minimum atomic E-state index is -0.0379. The Bertz CT molecular complexity index is 421. The summed E-state index contributed by atoms with van der Waals surface area (Å²) in [5.74, 6) is 0.744. The van der Waals surface area contributed by atoms with Gasteiger partial charge in [0.1, 0.15) is 0 Å². The Morgan fingerprint density at radius 1 is 1.47 bits per heavy atom. The average Bonchev–Trinajstić information content (AvgIpc) is 3.07. The van der Waals surface area contributed by atoms with Crippen molar-refractivity contribution in [3.63, 3.8) is 0 Å². The van der Waals surface area contributed by atoms with Crippen LogP contribution in [0.2, 0.25) is 5.02 Å². The Balaban J connectivity index is 1.77. The monoisotopic (exact) mass is 316 g/mol. The molecule has 1 aliphatic carbocycles. The van der Waals surface area contributed by atoms with Gasteiger partial charge in [-0.1, -0.05) is 11.6 Å². The van der Waals surface area contributed by atoms with Crippen LogP contribution in [0.5, 0.6) is 0 Å². The number of benzene rings is 1. The molecule has 0 spiro atoms. The van der Waals surface area contributed by atoms with E-state index >= 15 is 0 Å². The lowest BCUT2D eigenvalue weighted by Gasteiger charge is -2.07. The maximum Gasteiger partial charge on any atom is 0.238 e. The van der Waals surface area contributed by atoms with E-state index in [1.807, 2.05) is 12.1 Å². The zero-order valence-electron chi connectivity index (χ0n) is 9.30. The molecule has 2 rings (SSSR count). The first-order chi connectivity index (χ1) is 8.15. The lowest BCUT2D eigenvalue weighted by molar-refractivity contribution is -0.115. The molecule has 0 heterocycles. The van der Waals surface area contributed by atoms with Gasteiger partial charge >= 0.3 is 0 Å². The van der Waals surface area contributed by atoms with Crippen LogP contribution in [0.3, 0.4) is 0 Å². The minimum absolute atomic E-state index is 0.0379. The lowest BCUT2D eigenvalue weighted by atomic mass is 10.3. The molecule has 1 aromatic carbocycles. The molecule has 1 amide bonds. The van der Waals surface area contributed by atoms with Crippen molar-refractivity contribution >= 4 is 39.1 Å². The number of halogens is 2. The van der Waals surface area contributed by atoms with E-state index in [9.17, 15) is 4.79 Å². The number of hydrogen-bond acceptors (Lipinski definition) is 2. The van der Waals surface area contributed by atoms with Gasteiger partial charge in [-0.2, -0.15) is 0 Å². The Kier molecular flexibility index (Phi) is 4.42. The van der Waals surface area contributed by atoms with Gasteiger partial charge in [0, 0.05) is 10.2 Å². The van der Waals surface area contributed by atoms with Gasteiger partial charge in [-0.15, -0.1) is 0 Å². The van der Waals surface area contributed by atoms with E-state index in [4.69, 9.17) is 11.6 Å². The molecule has 1 fully saturated rings. The summed E-state index contributed by atoms with van der Waals surface area (Å²) in [6, 6.07) is 5.36. The van der Waals surface area contributed by atoms with Gasteiger partial charge in [-0.05, 0) is 59.4 Å². The summed E-state index contributed by atoms with van der Waals surface area (Å²) in [4.78, 5) is 11.6. The molecule has 1 saturated carbocycles. The minimum Gasteiger partial charge on any atom is -0.325 e. The third kappa shape index (κ3) is 4.30. The smallest absolute Gasteiger partial charge is 0.238 e. The summed E-state index contributed by atoms with van der Waals surface area (Å²) >= 11 is 9.24. The Morgan fingerprint density at radius 3 is 2.88 bits per heavy atom. The van der Waals surface area contributed by atoms with Gasteiger partial charge < -0.3 is 10.6 Å². The van der Waals surface area contributed by atoms with Gasteiger partial charge in [0.05, 0.1) is 11.6 Å². The molecule has 0 bridgehead atoms. The number of rotatable bonds is 5. The average molecular weight is 318 g/mol. The predicted molar refractivity (Wildman–Crippen MR) is 73.4 cm³/mol. The molecule has 0 saturated heterocycles. The Labute approximate surface area is 114 Å². The summed E-state index contributed by atoms with van der Waals surface area (Å²) in [5, 5.41) is 6.53. The first-order valence-electron chi connectivity index (χ1n) is 5.61. The summed E-state index contributed by atoms with van der Waals surface area (Å²) in [6.45, 7) is 1.29. The van der Waals surface area contributed by atoms with Gasteiger partial charge in [-0.3, -0.25) is 4.79 Å². The van der Waals surface area contributed by atoms with Crippen molar-refractivity contribution < 1.29 is 4.79 Å². The summed E-state index contributed by atoms with van der Waals surface area (Å²) in [7, 11) is 0. The standard InChI is InChI=1S/C12H14BrClN2O/c13-10-4-3-9(5-11(10)14)16-12(17)7-15-6-8-1-2-8/h3-5,8,15H,1-2,6-7H2,(H,16,17). The first-order valence-corrected chi connectivity index (χ1v) is 6.78. The van der Waals surface area contributed by atoms with Crippen molar-refractivity contribution in [3.8, 4) is 0 Å². The summed E-state index contributed by atoms with van der Waals surface area (Å²) in [5.41, 5.74) is 0.719. The van der Waals surface area contributed by atoms with E-state index in [0.29, 0.717) is 11.6 Å². The fourth-order valence-corrected chi connectivity index (χ4v) is 1.92. The van der Waals surface area contributed by atoms with Crippen molar-refractivity contribution in [2.45, 2.75) is 12.8 Å². The molecular formula is C12H14BrClN2O. The second-order valence-electron chi connectivity index (χ2n) is 4.25. The molecule has 0 radical (unpaired) electrons. The van der Waals surface area contributed by atoms with Crippen molar-refractivity contribution in [2.75, 3.05) is 18.4 Å². The molecule has 0 aliphatic heterocycles. The van der Waals surface area contributed by atoms with Crippen LogP contribution >= 0.6 is 27.5 Å². The van der Waals surface area contributed by atoms with Crippen molar-refractivity contribution in [1.29, 1.82) is 0 Å². The SMILES string of the molecule is O=C(CNCC1CC1)Nc1ccc(Br)c(Cl)c1. The number of amides is 1. The maximum atomic E-state index is 11.6. The highest BCUT2D eigenvalue weighted by Gasteiger charge is 2.20. The van der Waals surface area contributed by atoms with E-state index in [1.54, 1.807) is 6.07 Å². The van der Waals surface area contributed by atoms with Crippen LogP contribution in [-0.4, -0.2) is 19.0 Å². The fourth-order valence-electron chi connectivity index (χ4n) is 1.49. The number of nitrogens with one attached hydrogen (secondary N) is 2. The van der Waals surface area contributed by atoms with E-state index in [2.05, 4.69) is 26.6 Å². The fraction of sp³-hybridized carbons (Fsp3) is 0.417. The normalized spacial score (nSPS) is 14.7. The van der Waals surface area contributed by atoms with E-state index < -0.39 is 0 Å². The molecule has 2 N–H and O–H groups in total. The molecule has 17 heavy (non-hydrogen) atoms. The molecular weight excluding hydrogens is 304 g/mol. The number of hydrogen-bond donors (Lipinski definition) is 2. The van der Waals surface area contributed by atoms with Crippen LogP contribution in [-0.2, 0) is 4.79 Å². The van der Waals surface area contributed by atoms with Crippen LogP contribution < -0.4 is 10.6 Å². The van der Waals surface area contributed by atoms with Crippen LogP contribution in [0, 0.1) is 5.92 Å². The zero-order chi connectivity index (χ0) is 12.3. The second-order valence-corrected chi connectivity index (χ2v) is 5.51.